The highest BCUT2D eigenvalue weighted by Gasteiger charge is 2.24. The zero-order valence-corrected chi connectivity index (χ0v) is 23.2. The molecule has 2 aromatic heterocycles. The number of H-pyrrole nitrogens is 1. The Bertz CT molecular complexity index is 1450. The van der Waals surface area contributed by atoms with Crippen LogP contribution < -0.4 is 10.1 Å². The first kappa shape index (κ1) is 27.5. The van der Waals surface area contributed by atoms with Crippen molar-refractivity contribution in [3.8, 4) is 16.9 Å². The first-order valence-corrected chi connectivity index (χ1v) is 14.6. The molecule has 2 aromatic carbocycles. The largest absolute Gasteiger partial charge is 0.491 e. The number of benzene rings is 2. The van der Waals surface area contributed by atoms with Crippen molar-refractivity contribution in [2.45, 2.75) is 39.2 Å². The number of pyridine rings is 1. The summed E-state index contributed by atoms with van der Waals surface area (Å²) in [5, 5.41) is 5.12. The lowest BCUT2D eigenvalue weighted by Gasteiger charge is -2.20. The van der Waals surface area contributed by atoms with Gasteiger partial charge in [0.2, 0.25) is 0 Å². The number of carbonyl (C=O) groups is 1. The third kappa shape index (κ3) is 6.75. The number of ether oxygens (including phenoxy) is 1. The molecule has 1 amide bonds. The SMILES string of the molecule is CCN(CCCOc1ccc(-c2cccc(C(=O)NC3CC3)c2)c2c1[nH]c1ncc(C)cc12)CCOP(O)O. The molecule has 0 spiro atoms. The average molecular weight is 551 g/mol. The fourth-order valence-corrected chi connectivity index (χ4v) is 5.05. The fraction of sp³-hybridized carbons (Fsp3) is 0.379. The normalized spacial score (nSPS) is 13.6. The molecule has 1 aliphatic rings. The van der Waals surface area contributed by atoms with Crippen molar-refractivity contribution in [3.05, 3.63) is 59.8 Å². The molecule has 0 atom stereocenters. The number of hydrogen-bond donors (Lipinski definition) is 4. The van der Waals surface area contributed by atoms with Gasteiger partial charge in [0.15, 0.2) is 0 Å². The Morgan fingerprint density at radius 2 is 2.03 bits per heavy atom. The van der Waals surface area contributed by atoms with E-state index in [9.17, 15) is 4.79 Å². The van der Waals surface area contributed by atoms with Crippen LogP contribution in [-0.4, -0.2) is 69.5 Å². The van der Waals surface area contributed by atoms with Crippen molar-refractivity contribution in [1.82, 2.24) is 20.2 Å². The number of rotatable bonds is 13. The molecule has 1 aliphatic carbocycles. The van der Waals surface area contributed by atoms with E-state index in [0.29, 0.717) is 24.8 Å². The topological polar surface area (TPSA) is 120 Å². The first-order valence-electron chi connectivity index (χ1n) is 13.4. The summed E-state index contributed by atoms with van der Waals surface area (Å²) in [6.45, 7) is 7.16. The summed E-state index contributed by atoms with van der Waals surface area (Å²) in [5.41, 5.74) is 5.38. The molecule has 0 radical (unpaired) electrons. The van der Waals surface area contributed by atoms with E-state index in [2.05, 4.69) is 39.2 Å². The molecular weight excluding hydrogens is 515 g/mol. The van der Waals surface area contributed by atoms with Gasteiger partial charge in [0, 0.05) is 41.7 Å². The molecule has 5 rings (SSSR count). The molecule has 0 bridgehead atoms. The van der Waals surface area contributed by atoms with E-state index in [-0.39, 0.29) is 12.5 Å². The number of amides is 1. The van der Waals surface area contributed by atoms with Gasteiger partial charge in [-0.3, -0.25) is 4.79 Å². The fourth-order valence-electron chi connectivity index (χ4n) is 4.80. The second kappa shape index (κ2) is 12.4. The summed E-state index contributed by atoms with van der Waals surface area (Å²) >= 11 is 0. The van der Waals surface area contributed by atoms with Crippen LogP contribution in [0.15, 0.2) is 48.7 Å². The Kier molecular flexibility index (Phi) is 8.75. The number of carbonyl (C=O) groups excluding carboxylic acids is 1. The quantitative estimate of drug-likeness (QED) is 0.138. The van der Waals surface area contributed by atoms with Crippen LogP contribution in [0.4, 0.5) is 0 Å². The van der Waals surface area contributed by atoms with Crippen molar-refractivity contribution in [1.29, 1.82) is 0 Å². The summed E-state index contributed by atoms with van der Waals surface area (Å²) in [6, 6.07) is 14.2. The van der Waals surface area contributed by atoms with E-state index < -0.39 is 8.60 Å². The van der Waals surface area contributed by atoms with Gasteiger partial charge in [0.1, 0.15) is 11.4 Å². The Morgan fingerprint density at radius 1 is 1.18 bits per heavy atom. The number of aryl methyl sites for hydroxylation is 1. The van der Waals surface area contributed by atoms with Crippen LogP contribution in [0, 0.1) is 6.92 Å². The van der Waals surface area contributed by atoms with Crippen molar-refractivity contribution in [3.63, 3.8) is 0 Å². The van der Waals surface area contributed by atoms with Gasteiger partial charge in [-0.2, -0.15) is 0 Å². The highest BCUT2D eigenvalue weighted by atomic mass is 31.2. The van der Waals surface area contributed by atoms with Gasteiger partial charge >= 0.3 is 8.60 Å². The third-order valence-corrected chi connectivity index (χ3v) is 7.40. The van der Waals surface area contributed by atoms with Gasteiger partial charge in [0.25, 0.3) is 5.91 Å². The number of nitrogens with zero attached hydrogens (tertiary/aromatic N) is 2. The number of aromatic amines is 1. The number of fused-ring (bicyclic) bond motifs is 3. The summed E-state index contributed by atoms with van der Waals surface area (Å²) in [6.07, 6.45) is 4.75. The minimum absolute atomic E-state index is 0.0341. The molecule has 9 nitrogen and oxygen atoms in total. The predicted octanol–water partition coefficient (Wildman–Crippen LogP) is 4.90. The van der Waals surface area contributed by atoms with Crippen LogP contribution in [0.2, 0.25) is 0 Å². The summed E-state index contributed by atoms with van der Waals surface area (Å²) in [4.78, 5) is 40.9. The minimum Gasteiger partial charge on any atom is -0.491 e. The van der Waals surface area contributed by atoms with E-state index >= 15 is 0 Å². The second-order valence-electron chi connectivity index (χ2n) is 9.95. The molecule has 1 fully saturated rings. The molecule has 0 aliphatic heterocycles. The predicted molar refractivity (Wildman–Crippen MR) is 154 cm³/mol. The molecule has 39 heavy (non-hydrogen) atoms. The van der Waals surface area contributed by atoms with Crippen molar-refractivity contribution < 1.29 is 23.8 Å². The van der Waals surface area contributed by atoms with Crippen molar-refractivity contribution in [2.24, 2.45) is 0 Å². The molecule has 1 saturated carbocycles. The second-order valence-corrected chi connectivity index (χ2v) is 10.7. The lowest BCUT2D eigenvalue weighted by molar-refractivity contribution is 0.0951. The van der Waals surface area contributed by atoms with Gasteiger partial charge in [-0.15, -0.1) is 0 Å². The van der Waals surface area contributed by atoms with E-state index in [1.165, 1.54) is 0 Å². The first-order chi connectivity index (χ1) is 18.9. The van der Waals surface area contributed by atoms with Crippen LogP contribution in [0.3, 0.4) is 0 Å². The van der Waals surface area contributed by atoms with Crippen molar-refractivity contribution in [2.75, 3.05) is 32.8 Å². The molecule has 4 N–H and O–H groups in total. The number of hydrogen-bond acceptors (Lipinski definition) is 7. The zero-order valence-electron chi connectivity index (χ0n) is 22.3. The van der Waals surface area contributed by atoms with Crippen LogP contribution in [0.5, 0.6) is 5.75 Å². The van der Waals surface area contributed by atoms with Gasteiger partial charge < -0.3 is 34.2 Å². The molecule has 4 aromatic rings. The summed E-state index contributed by atoms with van der Waals surface area (Å²) in [7, 11) is -2.32. The van der Waals surface area contributed by atoms with E-state index in [0.717, 1.165) is 76.7 Å². The lowest BCUT2D eigenvalue weighted by atomic mass is 9.97. The Hall–Kier alpha value is -3.07. The third-order valence-electron chi connectivity index (χ3n) is 6.99. The maximum Gasteiger partial charge on any atom is 0.327 e. The average Bonchev–Trinajstić information content (AvgIpc) is 3.67. The lowest BCUT2D eigenvalue weighted by Crippen LogP contribution is -2.29. The van der Waals surface area contributed by atoms with Crippen molar-refractivity contribution >= 4 is 36.4 Å². The van der Waals surface area contributed by atoms with Crippen LogP contribution in [-0.2, 0) is 4.52 Å². The highest BCUT2D eigenvalue weighted by molar-refractivity contribution is 7.39. The summed E-state index contributed by atoms with van der Waals surface area (Å²) in [5.74, 6) is 0.720. The number of aromatic nitrogens is 2. The van der Waals surface area contributed by atoms with Gasteiger partial charge in [-0.25, -0.2) is 4.98 Å². The molecule has 0 unspecified atom stereocenters. The van der Waals surface area contributed by atoms with Gasteiger partial charge in [-0.05, 0) is 79.8 Å². The molecule has 206 valence electrons. The minimum atomic E-state index is -2.32. The molecule has 0 saturated heterocycles. The van der Waals surface area contributed by atoms with E-state index in [1.54, 1.807) is 0 Å². The molecule has 2 heterocycles. The smallest absolute Gasteiger partial charge is 0.327 e. The molecular formula is C29H35N4O5P. The molecule has 10 heteroatoms. The number of nitrogens with one attached hydrogen (secondary N) is 2. The Morgan fingerprint density at radius 3 is 2.79 bits per heavy atom. The Balaban J connectivity index is 1.39. The van der Waals surface area contributed by atoms with Gasteiger partial charge in [-0.1, -0.05) is 19.1 Å². The zero-order chi connectivity index (χ0) is 27.4. The van der Waals surface area contributed by atoms with Crippen LogP contribution >= 0.6 is 8.60 Å². The highest BCUT2D eigenvalue weighted by Crippen LogP contribution is 2.39. The number of likely N-dealkylation sites (N-methyl/N-ethyl adjacent to an activating group) is 1. The Labute approximate surface area is 229 Å². The monoisotopic (exact) mass is 550 g/mol. The van der Waals surface area contributed by atoms with Gasteiger partial charge in [0.05, 0.1) is 18.7 Å². The van der Waals surface area contributed by atoms with E-state index in [1.807, 2.05) is 43.5 Å². The standard InChI is InChI=1S/C29H35N4O5P/c1-3-33(13-15-38-39(35)36)12-5-14-37-25-11-10-23(26-24-16-19(2)18-30-28(24)32-27(25)26)20-6-4-7-21(17-20)29(34)31-22-8-9-22/h4,6-7,10-11,16-18,22,35-36H,3,5,8-9,12-15H2,1-2H3,(H,30,32)(H,31,34). The van der Waals surface area contributed by atoms with E-state index in [4.69, 9.17) is 19.0 Å². The van der Waals surface area contributed by atoms with Crippen LogP contribution in [0.25, 0.3) is 33.1 Å². The maximum atomic E-state index is 12.7. The summed E-state index contributed by atoms with van der Waals surface area (Å²) < 4.78 is 11.2. The maximum absolute atomic E-state index is 12.7. The van der Waals surface area contributed by atoms with Crippen LogP contribution in [0.1, 0.15) is 42.1 Å².